The van der Waals surface area contributed by atoms with Gasteiger partial charge in [0.2, 0.25) is 0 Å². The van der Waals surface area contributed by atoms with Crippen LogP contribution in [-0.2, 0) is 4.79 Å². The lowest BCUT2D eigenvalue weighted by atomic mass is 10.2. The molecule has 0 bridgehead atoms. The van der Waals surface area contributed by atoms with E-state index in [1.54, 1.807) is 24.3 Å². The first kappa shape index (κ1) is 14.4. The van der Waals surface area contributed by atoms with Crippen LogP contribution >= 0.6 is 0 Å². The Morgan fingerprint density at radius 2 is 1.86 bits per heavy atom. The van der Waals surface area contributed by atoms with Gasteiger partial charge in [0, 0.05) is 6.07 Å². The predicted octanol–water partition coefficient (Wildman–Crippen LogP) is 2.11. The molecule has 2 rings (SSSR count). The minimum atomic E-state index is -1.13. The smallest absolute Gasteiger partial charge is 0.337 e. The highest BCUT2D eigenvalue weighted by Crippen LogP contribution is 2.18. The fraction of sp³-hybridized carbons (Fsp3) is 0.0667. The van der Waals surface area contributed by atoms with Gasteiger partial charge in [0.15, 0.2) is 6.61 Å². The number of anilines is 1. The zero-order valence-electron chi connectivity index (χ0n) is 10.9. The highest BCUT2D eigenvalue weighted by molar-refractivity contribution is 6.00. The lowest BCUT2D eigenvalue weighted by Crippen LogP contribution is -2.21. The van der Waals surface area contributed by atoms with Crippen molar-refractivity contribution < 1.29 is 24.5 Å². The normalized spacial score (nSPS) is 9.90. The fourth-order valence-corrected chi connectivity index (χ4v) is 1.69. The third-order valence-corrected chi connectivity index (χ3v) is 2.62. The summed E-state index contributed by atoms with van der Waals surface area (Å²) < 4.78 is 5.20. The first-order valence-corrected chi connectivity index (χ1v) is 6.10. The number of benzene rings is 2. The summed E-state index contributed by atoms with van der Waals surface area (Å²) in [5.41, 5.74) is 0.206. The van der Waals surface area contributed by atoms with Crippen molar-refractivity contribution in [2.75, 3.05) is 11.9 Å². The van der Waals surface area contributed by atoms with E-state index in [0.717, 1.165) is 0 Å². The number of rotatable bonds is 5. The molecule has 0 fully saturated rings. The Hall–Kier alpha value is -3.02. The van der Waals surface area contributed by atoms with Gasteiger partial charge in [-0.1, -0.05) is 18.2 Å². The van der Waals surface area contributed by atoms with Crippen molar-refractivity contribution in [3.63, 3.8) is 0 Å². The van der Waals surface area contributed by atoms with Gasteiger partial charge in [-0.15, -0.1) is 0 Å². The Morgan fingerprint density at radius 3 is 2.57 bits per heavy atom. The first-order valence-electron chi connectivity index (χ1n) is 6.10. The number of hydrogen-bond donors (Lipinski definition) is 3. The van der Waals surface area contributed by atoms with Gasteiger partial charge in [0.25, 0.3) is 5.91 Å². The maximum Gasteiger partial charge on any atom is 0.337 e. The van der Waals surface area contributed by atoms with E-state index in [0.29, 0.717) is 5.75 Å². The molecule has 0 aromatic heterocycles. The topological polar surface area (TPSA) is 95.9 Å². The second-order valence-corrected chi connectivity index (χ2v) is 4.18. The monoisotopic (exact) mass is 287 g/mol. The largest absolute Gasteiger partial charge is 0.508 e. The van der Waals surface area contributed by atoms with Crippen LogP contribution in [0.1, 0.15) is 10.4 Å². The molecule has 3 N–H and O–H groups in total. The van der Waals surface area contributed by atoms with Crippen molar-refractivity contribution in [2.24, 2.45) is 0 Å². The zero-order chi connectivity index (χ0) is 15.2. The molecule has 6 heteroatoms. The van der Waals surface area contributed by atoms with Crippen molar-refractivity contribution in [3.8, 4) is 11.5 Å². The summed E-state index contributed by atoms with van der Waals surface area (Å²) in [6.07, 6.45) is 0. The summed E-state index contributed by atoms with van der Waals surface area (Å²) in [4.78, 5) is 22.8. The van der Waals surface area contributed by atoms with E-state index in [9.17, 15) is 14.7 Å². The molecule has 0 aliphatic rings. The maximum absolute atomic E-state index is 11.8. The molecule has 0 radical (unpaired) electrons. The molecular formula is C15H13NO5. The number of hydrogen-bond acceptors (Lipinski definition) is 4. The predicted molar refractivity (Wildman–Crippen MR) is 75.6 cm³/mol. The van der Waals surface area contributed by atoms with E-state index in [1.807, 2.05) is 0 Å². The minimum absolute atomic E-state index is 0.00297. The molecule has 0 heterocycles. The molecule has 0 aliphatic carbocycles. The highest BCUT2D eigenvalue weighted by Gasteiger charge is 2.12. The second kappa shape index (κ2) is 6.42. The Balaban J connectivity index is 1.98. The Kier molecular flexibility index (Phi) is 4.40. The van der Waals surface area contributed by atoms with E-state index >= 15 is 0 Å². The zero-order valence-corrected chi connectivity index (χ0v) is 10.9. The van der Waals surface area contributed by atoms with Gasteiger partial charge in [-0.2, -0.15) is 0 Å². The molecule has 108 valence electrons. The first-order chi connectivity index (χ1) is 10.1. The van der Waals surface area contributed by atoms with Gasteiger partial charge in [0.1, 0.15) is 11.5 Å². The van der Waals surface area contributed by atoms with Gasteiger partial charge in [-0.3, -0.25) is 4.79 Å². The molecule has 0 saturated heterocycles. The van der Waals surface area contributed by atoms with Gasteiger partial charge in [-0.05, 0) is 24.3 Å². The van der Waals surface area contributed by atoms with E-state index in [1.165, 1.54) is 24.3 Å². The second-order valence-electron chi connectivity index (χ2n) is 4.18. The number of carboxylic acid groups (broad SMARTS) is 1. The van der Waals surface area contributed by atoms with Crippen LogP contribution in [0.5, 0.6) is 11.5 Å². The number of nitrogens with one attached hydrogen (secondary N) is 1. The van der Waals surface area contributed by atoms with E-state index in [-0.39, 0.29) is 23.6 Å². The molecule has 6 nitrogen and oxygen atoms in total. The van der Waals surface area contributed by atoms with Crippen LogP contribution in [0, 0.1) is 0 Å². The average molecular weight is 287 g/mol. The summed E-state index contributed by atoms with van der Waals surface area (Å²) in [6, 6.07) is 12.1. The van der Waals surface area contributed by atoms with Gasteiger partial charge in [0.05, 0.1) is 11.3 Å². The molecule has 1 amide bonds. The van der Waals surface area contributed by atoms with Crippen LogP contribution in [0.25, 0.3) is 0 Å². The number of aromatic carboxylic acids is 1. The number of phenolic OH excluding ortho intramolecular Hbond substituents is 1. The Morgan fingerprint density at radius 1 is 1.10 bits per heavy atom. The summed E-state index contributed by atoms with van der Waals surface area (Å²) in [5, 5.41) is 20.7. The molecule has 0 spiro atoms. The quantitative estimate of drug-likeness (QED) is 0.782. The number of ether oxygens (including phenoxy) is 1. The average Bonchev–Trinajstić information content (AvgIpc) is 2.45. The standard InChI is InChI=1S/C15H13NO5/c17-10-4-3-5-11(8-10)21-9-14(18)16-13-7-2-1-6-12(13)15(19)20/h1-8,17H,9H2,(H,16,18)(H,19,20). The number of para-hydroxylation sites is 1. The van der Waals surface area contributed by atoms with Crippen molar-refractivity contribution in [2.45, 2.75) is 0 Å². The minimum Gasteiger partial charge on any atom is -0.508 e. The van der Waals surface area contributed by atoms with Crippen LogP contribution in [0.3, 0.4) is 0 Å². The van der Waals surface area contributed by atoms with Crippen LogP contribution in [0.15, 0.2) is 48.5 Å². The fourth-order valence-electron chi connectivity index (χ4n) is 1.69. The van der Waals surface area contributed by atoms with Gasteiger partial charge in [-0.25, -0.2) is 4.79 Å². The SMILES string of the molecule is O=C(COc1cccc(O)c1)Nc1ccccc1C(=O)O. The number of carbonyl (C=O) groups excluding carboxylic acids is 1. The van der Waals surface area contributed by atoms with Crippen LogP contribution < -0.4 is 10.1 Å². The van der Waals surface area contributed by atoms with E-state index in [4.69, 9.17) is 9.84 Å². The molecule has 21 heavy (non-hydrogen) atoms. The Labute approximate surface area is 120 Å². The number of phenols is 1. The van der Waals surface area contributed by atoms with Crippen LogP contribution in [0.4, 0.5) is 5.69 Å². The van der Waals surface area contributed by atoms with Crippen LogP contribution in [0.2, 0.25) is 0 Å². The maximum atomic E-state index is 11.8. The van der Waals surface area contributed by atoms with Crippen molar-refractivity contribution in [1.29, 1.82) is 0 Å². The lowest BCUT2D eigenvalue weighted by Gasteiger charge is -2.09. The number of aromatic hydroxyl groups is 1. The van der Waals surface area contributed by atoms with Gasteiger partial charge >= 0.3 is 5.97 Å². The molecule has 0 atom stereocenters. The number of carboxylic acids is 1. The van der Waals surface area contributed by atoms with Crippen molar-refractivity contribution in [3.05, 3.63) is 54.1 Å². The third-order valence-electron chi connectivity index (χ3n) is 2.62. The summed E-state index contributed by atoms with van der Waals surface area (Å²) in [7, 11) is 0. The van der Waals surface area contributed by atoms with Gasteiger partial charge < -0.3 is 20.3 Å². The van der Waals surface area contributed by atoms with Crippen molar-refractivity contribution in [1.82, 2.24) is 0 Å². The van der Waals surface area contributed by atoms with E-state index < -0.39 is 11.9 Å². The van der Waals surface area contributed by atoms with Crippen LogP contribution in [-0.4, -0.2) is 28.7 Å². The molecule has 0 saturated carbocycles. The summed E-state index contributed by atoms with van der Waals surface area (Å²) in [5.74, 6) is -1.24. The molecule has 2 aromatic carbocycles. The highest BCUT2D eigenvalue weighted by atomic mass is 16.5. The molecular weight excluding hydrogens is 274 g/mol. The van der Waals surface area contributed by atoms with E-state index in [2.05, 4.69) is 5.32 Å². The summed E-state index contributed by atoms with van der Waals surface area (Å²) >= 11 is 0. The summed E-state index contributed by atoms with van der Waals surface area (Å²) in [6.45, 7) is -0.294. The molecule has 0 unspecified atom stereocenters. The van der Waals surface area contributed by atoms with Crippen molar-refractivity contribution >= 4 is 17.6 Å². The lowest BCUT2D eigenvalue weighted by molar-refractivity contribution is -0.118. The Bertz CT molecular complexity index is 669. The molecule has 2 aromatic rings. The molecule has 0 aliphatic heterocycles. The number of amides is 1. The third kappa shape index (κ3) is 3.97. The number of carbonyl (C=O) groups is 2.